The summed E-state index contributed by atoms with van der Waals surface area (Å²) < 4.78 is 53.8. The van der Waals surface area contributed by atoms with Gasteiger partial charge in [-0.3, -0.25) is 0 Å². The number of ether oxygens (including phenoxy) is 1. The van der Waals surface area contributed by atoms with Gasteiger partial charge in [0.05, 0.1) is 28.3 Å². The van der Waals surface area contributed by atoms with Crippen LogP contribution in [0.15, 0.2) is 53.0 Å². The number of aromatic amines is 1. The minimum atomic E-state index is -4.45. The van der Waals surface area contributed by atoms with Crippen molar-refractivity contribution in [3.63, 3.8) is 0 Å². The van der Waals surface area contributed by atoms with Crippen molar-refractivity contribution >= 4 is 61.4 Å². The Balaban J connectivity index is 1.38. The van der Waals surface area contributed by atoms with Gasteiger partial charge >= 0.3 is 6.18 Å². The fourth-order valence-electron chi connectivity index (χ4n) is 3.22. The normalized spacial score (nSPS) is 11.9. The Kier molecular flexibility index (Phi) is 5.01. The number of halogens is 4. The molecule has 0 saturated heterocycles. The molecule has 0 bridgehead atoms. The first-order valence-corrected chi connectivity index (χ1v) is 10.8. The van der Waals surface area contributed by atoms with Crippen molar-refractivity contribution < 1.29 is 17.9 Å². The van der Waals surface area contributed by atoms with Crippen LogP contribution in [0.3, 0.4) is 0 Å². The molecule has 2 heterocycles. The summed E-state index contributed by atoms with van der Waals surface area (Å²) in [6.45, 7) is 1.89. The topological polar surface area (TPSA) is 75.7 Å². The number of aromatic nitrogens is 4. The van der Waals surface area contributed by atoms with Crippen molar-refractivity contribution in [3.8, 4) is 11.5 Å². The van der Waals surface area contributed by atoms with Crippen LogP contribution in [0.2, 0.25) is 0 Å². The van der Waals surface area contributed by atoms with Crippen molar-refractivity contribution in [2.45, 2.75) is 13.1 Å². The summed E-state index contributed by atoms with van der Waals surface area (Å²) in [7, 11) is 0. The first-order chi connectivity index (χ1) is 15.3. The second-order valence-corrected chi connectivity index (χ2v) is 8.44. The number of rotatable bonds is 4. The molecule has 0 aliphatic carbocycles. The summed E-state index contributed by atoms with van der Waals surface area (Å²) in [5, 5.41) is 3.12. The molecule has 0 aliphatic rings. The van der Waals surface area contributed by atoms with Crippen molar-refractivity contribution in [2.24, 2.45) is 0 Å². The number of hydrogen-bond donors (Lipinski definition) is 2. The zero-order valence-electron chi connectivity index (χ0n) is 16.3. The minimum absolute atomic E-state index is 0.207. The predicted octanol–water partition coefficient (Wildman–Crippen LogP) is 7.19. The molecule has 0 aliphatic heterocycles. The van der Waals surface area contributed by atoms with E-state index in [0.29, 0.717) is 23.0 Å². The van der Waals surface area contributed by atoms with E-state index in [-0.39, 0.29) is 9.99 Å². The van der Waals surface area contributed by atoms with Crippen LogP contribution < -0.4 is 10.1 Å². The summed E-state index contributed by atoms with van der Waals surface area (Å²) in [6, 6.07) is 13.0. The molecule has 0 atom stereocenters. The van der Waals surface area contributed by atoms with E-state index in [1.807, 2.05) is 37.3 Å². The Morgan fingerprint density at radius 2 is 1.72 bits per heavy atom. The van der Waals surface area contributed by atoms with Gasteiger partial charge in [0.15, 0.2) is 0 Å². The van der Waals surface area contributed by atoms with Crippen molar-refractivity contribution in [1.29, 1.82) is 0 Å². The lowest BCUT2D eigenvalue weighted by atomic mass is 10.2. The third-order valence-corrected chi connectivity index (χ3v) is 5.97. The Labute approximate surface area is 191 Å². The molecule has 5 rings (SSSR count). The number of nitrogens with one attached hydrogen (secondary N) is 2. The minimum Gasteiger partial charge on any atom is -0.457 e. The van der Waals surface area contributed by atoms with E-state index in [1.165, 1.54) is 0 Å². The maximum atomic E-state index is 13.1. The maximum absolute atomic E-state index is 13.1. The zero-order chi connectivity index (χ0) is 22.5. The molecule has 5 aromatic rings. The van der Waals surface area contributed by atoms with E-state index < -0.39 is 11.7 Å². The van der Waals surface area contributed by atoms with Gasteiger partial charge in [-0.15, -0.1) is 0 Å². The SMILES string of the molecule is Cc1cc(Oc2ccc3nsnc3c2)ccc1Nc1nc2cc(C(F)(F)F)cc(Br)c2[nH]1. The van der Waals surface area contributed by atoms with Crippen LogP contribution in [0, 0.1) is 6.92 Å². The first-order valence-electron chi connectivity index (χ1n) is 9.30. The van der Waals surface area contributed by atoms with Crippen LogP contribution >= 0.6 is 27.7 Å². The number of benzene rings is 3. The number of imidazole rings is 1. The average molecular weight is 520 g/mol. The molecule has 0 spiro atoms. The number of fused-ring (bicyclic) bond motifs is 2. The van der Waals surface area contributed by atoms with Crippen LogP contribution in [0.25, 0.3) is 22.1 Å². The Morgan fingerprint density at radius 3 is 2.50 bits per heavy atom. The second kappa shape index (κ2) is 7.75. The monoisotopic (exact) mass is 519 g/mol. The molecule has 32 heavy (non-hydrogen) atoms. The third-order valence-electron chi connectivity index (χ3n) is 4.78. The van der Waals surface area contributed by atoms with Crippen LogP contribution in [-0.4, -0.2) is 18.7 Å². The van der Waals surface area contributed by atoms with Gasteiger partial charge in [-0.1, -0.05) is 0 Å². The molecule has 0 saturated carbocycles. The lowest BCUT2D eigenvalue weighted by molar-refractivity contribution is -0.137. The quantitative estimate of drug-likeness (QED) is 0.262. The van der Waals surface area contributed by atoms with E-state index in [0.717, 1.165) is 46.1 Å². The van der Waals surface area contributed by atoms with E-state index in [2.05, 4.69) is 40.0 Å². The van der Waals surface area contributed by atoms with E-state index in [1.54, 1.807) is 6.07 Å². The zero-order valence-corrected chi connectivity index (χ0v) is 18.7. The largest absolute Gasteiger partial charge is 0.457 e. The molecule has 2 N–H and O–H groups in total. The van der Waals surface area contributed by atoms with Gasteiger partial charge < -0.3 is 15.0 Å². The Hall–Kier alpha value is -3.18. The van der Waals surface area contributed by atoms with Gasteiger partial charge in [0.25, 0.3) is 0 Å². The molecule has 0 fully saturated rings. The van der Waals surface area contributed by atoms with E-state index >= 15 is 0 Å². The van der Waals surface area contributed by atoms with Crippen LogP contribution in [0.1, 0.15) is 11.1 Å². The van der Waals surface area contributed by atoms with Gasteiger partial charge in [0.1, 0.15) is 22.5 Å². The highest BCUT2D eigenvalue weighted by Gasteiger charge is 2.31. The number of hydrogen-bond acceptors (Lipinski definition) is 6. The van der Waals surface area contributed by atoms with Crippen LogP contribution in [0.4, 0.5) is 24.8 Å². The van der Waals surface area contributed by atoms with Crippen molar-refractivity contribution in [3.05, 3.63) is 64.1 Å². The highest BCUT2D eigenvalue weighted by Crippen LogP contribution is 2.35. The molecular formula is C21H13BrF3N5OS. The number of H-pyrrole nitrogens is 1. The lowest BCUT2D eigenvalue weighted by Crippen LogP contribution is -2.04. The van der Waals surface area contributed by atoms with Crippen molar-refractivity contribution in [2.75, 3.05) is 5.32 Å². The Morgan fingerprint density at radius 1 is 0.969 bits per heavy atom. The van der Waals surface area contributed by atoms with Crippen LogP contribution in [0.5, 0.6) is 11.5 Å². The van der Waals surface area contributed by atoms with E-state index in [4.69, 9.17) is 4.74 Å². The summed E-state index contributed by atoms with van der Waals surface area (Å²) in [4.78, 5) is 7.27. The smallest absolute Gasteiger partial charge is 0.416 e. The van der Waals surface area contributed by atoms with Crippen molar-refractivity contribution in [1.82, 2.24) is 18.7 Å². The number of anilines is 2. The maximum Gasteiger partial charge on any atom is 0.416 e. The predicted molar refractivity (Wildman–Crippen MR) is 121 cm³/mol. The molecule has 0 radical (unpaired) electrons. The van der Waals surface area contributed by atoms with Gasteiger partial charge in [0.2, 0.25) is 5.95 Å². The summed E-state index contributed by atoms with van der Waals surface area (Å²) >= 11 is 4.33. The number of alkyl halides is 3. The third kappa shape index (κ3) is 4.00. The number of aryl methyl sites for hydroxylation is 1. The summed E-state index contributed by atoms with van der Waals surface area (Å²) in [5.74, 6) is 1.61. The van der Waals surface area contributed by atoms with Gasteiger partial charge in [-0.2, -0.15) is 21.9 Å². The summed E-state index contributed by atoms with van der Waals surface area (Å²) in [5.41, 5.74) is 3.12. The standard InChI is InChI=1S/C21H13BrF3N5OS/c1-10-6-12(31-13-3-5-16-17(9-13)30-32-29-16)2-4-15(10)26-20-27-18-8-11(21(23,24)25)7-14(22)19(18)28-20/h2-9H,1H3,(H2,26,27,28). The fraction of sp³-hybridized carbons (Fsp3) is 0.0952. The molecule has 2 aromatic heterocycles. The van der Waals surface area contributed by atoms with Gasteiger partial charge in [-0.25, -0.2) is 4.98 Å². The molecule has 3 aromatic carbocycles. The fourth-order valence-corrected chi connectivity index (χ4v) is 4.29. The number of nitrogens with zero attached hydrogens (tertiary/aromatic N) is 3. The van der Waals surface area contributed by atoms with Crippen LogP contribution in [-0.2, 0) is 6.18 Å². The van der Waals surface area contributed by atoms with Gasteiger partial charge in [-0.05, 0) is 70.9 Å². The molecule has 0 unspecified atom stereocenters. The second-order valence-electron chi connectivity index (χ2n) is 7.05. The summed E-state index contributed by atoms with van der Waals surface area (Å²) in [6.07, 6.45) is -4.45. The Bertz CT molecular complexity index is 1460. The highest BCUT2D eigenvalue weighted by atomic mass is 79.9. The molecule has 6 nitrogen and oxygen atoms in total. The first kappa shape index (κ1) is 20.7. The molecule has 0 amide bonds. The lowest BCUT2D eigenvalue weighted by Gasteiger charge is -2.10. The molecule has 11 heteroatoms. The molecule has 162 valence electrons. The molecular weight excluding hydrogens is 507 g/mol. The average Bonchev–Trinajstić information content (AvgIpc) is 3.35. The van der Waals surface area contributed by atoms with Gasteiger partial charge in [0, 0.05) is 16.2 Å². The van der Waals surface area contributed by atoms with E-state index in [9.17, 15) is 13.2 Å². The highest BCUT2D eigenvalue weighted by molar-refractivity contribution is 9.10.